The van der Waals surface area contributed by atoms with E-state index in [2.05, 4.69) is 15.4 Å². The van der Waals surface area contributed by atoms with E-state index in [1.165, 1.54) is 0 Å². The van der Waals surface area contributed by atoms with Gasteiger partial charge in [0.25, 0.3) is 5.91 Å². The number of ether oxygens (including phenoxy) is 1. The Morgan fingerprint density at radius 3 is 2.64 bits per heavy atom. The van der Waals surface area contributed by atoms with Crippen LogP contribution in [0.5, 0.6) is 0 Å². The average molecular weight is 376 g/mol. The fourth-order valence-electron chi connectivity index (χ4n) is 3.76. The molecule has 1 fully saturated rings. The van der Waals surface area contributed by atoms with Gasteiger partial charge in [-0.05, 0) is 49.4 Å². The molecule has 0 aliphatic carbocycles. The maximum Gasteiger partial charge on any atom is 0.255 e. The number of hydrogen-bond acceptors (Lipinski definition) is 4. The topological polar surface area (TPSA) is 69.0 Å². The van der Waals surface area contributed by atoms with E-state index in [9.17, 15) is 4.79 Å². The molecule has 1 atom stereocenters. The second kappa shape index (κ2) is 8.35. The van der Waals surface area contributed by atoms with Gasteiger partial charge in [0.2, 0.25) is 0 Å². The van der Waals surface area contributed by atoms with Gasteiger partial charge in [0.1, 0.15) is 0 Å². The summed E-state index contributed by atoms with van der Waals surface area (Å²) in [6, 6.07) is 13.7. The van der Waals surface area contributed by atoms with E-state index >= 15 is 0 Å². The zero-order chi connectivity index (χ0) is 19.3. The molecule has 1 amide bonds. The molecule has 0 spiro atoms. The number of carbonyl (C=O) groups is 1. The average Bonchev–Trinajstić information content (AvgIpc) is 3.15. The molecule has 1 aliphatic rings. The molecule has 0 radical (unpaired) electrons. The third kappa shape index (κ3) is 3.82. The minimum atomic E-state index is -0.111. The normalized spacial score (nSPS) is 15.9. The van der Waals surface area contributed by atoms with Gasteiger partial charge in [-0.25, -0.2) is 4.68 Å². The number of hydrogen-bond donors (Lipinski definition) is 1. The Kier molecular flexibility index (Phi) is 5.48. The van der Waals surface area contributed by atoms with Crippen molar-refractivity contribution in [3.05, 3.63) is 77.9 Å². The van der Waals surface area contributed by atoms with E-state index in [-0.39, 0.29) is 11.9 Å². The number of benzene rings is 1. The summed E-state index contributed by atoms with van der Waals surface area (Å²) in [7, 11) is 0. The first-order chi connectivity index (χ1) is 13.7. The molecule has 3 heterocycles. The molecule has 6 heteroatoms. The maximum atomic E-state index is 13.1. The molecule has 2 aromatic heterocycles. The van der Waals surface area contributed by atoms with Crippen LogP contribution in [0.2, 0.25) is 0 Å². The lowest BCUT2D eigenvalue weighted by atomic mass is 9.87. The molecule has 0 unspecified atom stereocenters. The van der Waals surface area contributed by atoms with Crippen LogP contribution in [0.15, 0.2) is 61.1 Å². The van der Waals surface area contributed by atoms with Crippen LogP contribution in [0, 0.1) is 12.8 Å². The van der Waals surface area contributed by atoms with Crippen molar-refractivity contribution in [2.24, 2.45) is 5.92 Å². The standard InChI is InChI=1S/C22H24N4O2/c1-16-20(15-24-26(16)19-7-3-2-4-8-19)22(27)25-21(17-9-12-28-13-10-17)18-6-5-11-23-14-18/h2-8,11,14-15,17,21H,9-10,12-13H2,1H3,(H,25,27)/t21-/m0/s1. The molecule has 28 heavy (non-hydrogen) atoms. The van der Waals surface area contributed by atoms with Crippen molar-refractivity contribution in [3.63, 3.8) is 0 Å². The second-order valence-electron chi connectivity index (χ2n) is 7.08. The van der Waals surface area contributed by atoms with E-state index in [4.69, 9.17) is 4.74 Å². The van der Waals surface area contributed by atoms with Gasteiger partial charge < -0.3 is 10.1 Å². The summed E-state index contributed by atoms with van der Waals surface area (Å²) in [5, 5.41) is 7.66. The van der Waals surface area contributed by atoms with Gasteiger partial charge in [0, 0.05) is 25.6 Å². The molecule has 0 saturated carbocycles. The lowest BCUT2D eigenvalue weighted by Crippen LogP contribution is -2.36. The predicted molar refractivity (Wildman–Crippen MR) is 106 cm³/mol. The largest absolute Gasteiger partial charge is 0.381 e. The molecule has 1 aromatic carbocycles. The lowest BCUT2D eigenvalue weighted by Gasteiger charge is -2.31. The van der Waals surface area contributed by atoms with Crippen LogP contribution in [-0.2, 0) is 4.74 Å². The first-order valence-electron chi connectivity index (χ1n) is 9.62. The summed E-state index contributed by atoms with van der Waals surface area (Å²) in [6.45, 7) is 3.37. The van der Waals surface area contributed by atoms with Crippen LogP contribution in [-0.4, -0.2) is 33.9 Å². The number of carbonyl (C=O) groups excluding carboxylic acids is 1. The summed E-state index contributed by atoms with van der Waals surface area (Å²) in [6.07, 6.45) is 7.06. The van der Waals surface area contributed by atoms with E-state index < -0.39 is 0 Å². The quantitative estimate of drug-likeness (QED) is 0.740. The number of rotatable bonds is 5. The van der Waals surface area contributed by atoms with Crippen LogP contribution < -0.4 is 5.32 Å². The monoisotopic (exact) mass is 376 g/mol. The first kappa shape index (κ1) is 18.4. The highest BCUT2D eigenvalue weighted by Crippen LogP contribution is 2.30. The third-order valence-corrected chi connectivity index (χ3v) is 5.32. The molecule has 6 nitrogen and oxygen atoms in total. The van der Waals surface area contributed by atoms with Gasteiger partial charge in [-0.1, -0.05) is 24.3 Å². The molecule has 144 valence electrons. The Morgan fingerprint density at radius 1 is 1.14 bits per heavy atom. The number of amides is 1. The number of nitrogens with zero attached hydrogens (tertiary/aromatic N) is 3. The highest BCUT2D eigenvalue weighted by atomic mass is 16.5. The number of aromatic nitrogens is 3. The number of para-hydroxylation sites is 1. The van der Waals surface area contributed by atoms with Gasteiger partial charge in [-0.3, -0.25) is 9.78 Å². The summed E-state index contributed by atoms with van der Waals surface area (Å²) in [5.74, 6) is 0.214. The highest BCUT2D eigenvalue weighted by Gasteiger charge is 2.28. The van der Waals surface area contributed by atoms with Crippen molar-refractivity contribution in [2.45, 2.75) is 25.8 Å². The molecule has 1 aliphatic heterocycles. The predicted octanol–water partition coefficient (Wildman–Crippen LogP) is 3.47. The minimum absolute atomic E-state index is 0.0930. The Morgan fingerprint density at radius 2 is 1.93 bits per heavy atom. The summed E-state index contributed by atoms with van der Waals surface area (Å²) in [4.78, 5) is 17.4. The smallest absolute Gasteiger partial charge is 0.255 e. The van der Waals surface area contributed by atoms with Crippen LogP contribution in [0.4, 0.5) is 0 Å². The van der Waals surface area contributed by atoms with Crippen molar-refractivity contribution in [1.82, 2.24) is 20.1 Å². The molecule has 3 aromatic rings. The fourth-order valence-corrected chi connectivity index (χ4v) is 3.76. The summed E-state index contributed by atoms with van der Waals surface area (Å²) >= 11 is 0. The Hall–Kier alpha value is -2.99. The third-order valence-electron chi connectivity index (χ3n) is 5.32. The first-order valence-corrected chi connectivity index (χ1v) is 9.62. The van der Waals surface area contributed by atoms with E-state index in [1.54, 1.807) is 17.1 Å². The van der Waals surface area contributed by atoms with Crippen LogP contribution >= 0.6 is 0 Å². The molecule has 1 saturated heterocycles. The Balaban J connectivity index is 1.59. The van der Waals surface area contributed by atoms with Gasteiger partial charge in [-0.2, -0.15) is 5.10 Å². The minimum Gasteiger partial charge on any atom is -0.381 e. The second-order valence-corrected chi connectivity index (χ2v) is 7.08. The van der Waals surface area contributed by atoms with E-state index in [0.717, 1.165) is 43.0 Å². The van der Waals surface area contributed by atoms with Gasteiger partial charge in [-0.15, -0.1) is 0 Å². The van der Waals surface area contributed by atoms with Gasteiger partial charge in [0.05, 0.1) is 29.2 Å². The molecular weight excluding hydrogens is 352 g/mol. The van der Waals surface area contributed by atoms with Crippen LogP contribution in [0.3, 0.4) is 0 Å². The number of pyridine rings is 1. The SMILES string of the molecule is Cc1c(C(=O)N[C@H](c2cccnc2)C2CCOCC2)cnn1-c1ccccc1. The van der Waals surface area contributed by atoms with Crippen molar-refractivity contribution < 1.29 is 9.53 Å². The van der Waals surface area contributed by atoms with E-state index in [1.807, 2.05) is 55.6 Å². The van der Waals surface area contributed by atoms with Crippen molar-refractivity contribution in [3.8, 4) is 5.69 Å². The van der Waals surface area contributed by atoms with Gasteiger partial charge in [0.15, 0.2) is 0 Å². The van der Waals surface area contributed by atoms with Gasteiger partial charge >= 0.3 is 0 Å². The molecule has 4 rings (SSSR count). The van der Waals surface area contributed by atoms with E-state index in [0.29, 0.717) is 11.5 Å². The zero-order valence-electron chi connectivity index (χ0n) is 15.9. The lowest BCUT2D eigenvalue weighted by molar-refractivity contribution is 0.0513. The maximum absolute atomic E-state index is 13.1. The molecule has 1 N–H and O–H groups in total. The Labute approximate surface area is 164 Å². The highest BCUT2D eigenvalue weighted by molar-refractivity contribution is 5.95. The summed E-state index contributed by atoms with van der Waals surface area (Å²) < 4.78 is 7.30. The molecular formula is C22H24N4O2. The molecule has 0 bridgehead atoms. The summed E-state index contributed by atoms with van der Waals surface area (Å²) in [5.41, 5.74) is 3.37. The van der Waals surface area contributed by atoms with Crippen LogP contribution in [0.25, 0.3) is 5.69 Å². The van der Waals surface area contributed by atoms with Crippen molar-refractivity contribution in [1.29, 1.82) is 0 Å². The van der Waals surface area contributed by atoms with Crippen LogP contribution in [0.1, 0.15) is 40.5 Å². The zero-order valence-corrected chi connectivity index (χ0v) is 15.9. The Bertz CT molecular complexity index is 918. The fraction of sp³-hybridized carbons (Fsp3) is 0.318. The van der Waals surface area contributed by atoms with Crippen molar-refractivity contribution in [2.75, 3.05) is 13.2 Å². The number of nitrogens with one attached hydrogen (secondary N) is 1. The van der Waals surface area contributed by atoms with Crippen molar-refractivity contribution >= 4 is 5.91 Å².